The molecule has 3 aromatic rings. The highest BCUT2D eigenvalue weighted by Crippen LogP contribution is 2.66. The molecule has 0 aromatic heterocycles. The Morgan fingerprint density at radius 3 is 2.44 bits per heavy atom. The van der Waals surface area contributed by atoms with Crippen molar-refractivity contribution < 1.29 is 18.2 Å². The number of carbonyl (C=O) groups is 2. The maximum Gasteiger partial charge on any atom is 0.262 e. The summed E-state index contributed by atoms with van der Waals surface area (Å²) >= 11 is 0. The lowest BCUT2D eigenvalue weighted by atomic mass is 9.92. The van der Waals surface area contributed by atoms with Crippen LogP contribution in [0.2, 0.25) is 0 Å². The maximum atomic E-state index is 13.7. The number of halogens is 1. The molecule has 1 unspecified atom stereocenters. The quantitative estimate of drug-likeness (QED) is 0.578. The summed E-state index contributed by atoms with van der Waals surface area (Å²) in [5.41, 5.74) is 3.65. The zero-order chi connectivity index (χ0) is 23.4. The van der Waals surface area contributed by atoms with Crippen molar-refractivity contribution in [1.82, 2.24) is 4.72 Å². The van der Waals surface area contributed by atoms with E-state index in [0.717, 1.165) is 35.2 Å². The van der Waals surface area contributed by atoms with Crippen molar-refractivity contribution in [1.29, 1.82) is 0 Å². The van der Waals surface area contributed by atoms with Gasteiger partial charge in [0.1, 0.15) is 16.8 Å². The van der Waals surface area contributed by atoms with E-state index in [4.69, 9.17) is 0 Å². The minimum atomic E-state index is -1.33. The van der Waals surface area contributed by atoms with Gasteiger partial charge in [-0.2, -0.15) is 0 Å². The lowest BCUT2D eigenvalue weighted by molar-refractivity contribution is -0.120. The number of para-hydroxylation sites is 1. The average Bonchev–Trinajstić information content (AvgIpc) is 3.77. The first-order chi connectivity index (χ1) is 16.5. The molecule has 1 aliphatic heterocycles. The number of amides is 2. The Kier molecular flexibility index (Phi) is 4.92. The highest BCUT2D eigenvalue weighted by molar-refractivity contribution is 7.84. The Hall–Kier alpha value is -3.32. The summed E-state index contributed by atoms with van der Waals surface area (Å²) in [6, 6.07) is 21.4. The molecule has 2 fully saturated rings. The van der Waals surface area contributed by atoms with Gasteiger partial charge in [0.25, 0.3) is 5.91 Å². The van der Waals surface area contributed by atoms with Crippen molar-refractivity contribution in [2.75, 3.05) is 4.90 Å². The van der Waals surface area contributed by atoms with Crippen LogP contribution in [0, 0.1) is 5.82 Å². The fourth-order valence-electron chi connectivity index (χ4n) is 5.06. The van der Waals surface area contributed by atoms with Crippen molar-refractivity contribution >= 4 is 28.5 Å². The minimum Gasteiger partial charge on any atom is -0.307 e. The number of benzene rings is 3. The molecule has 0 bridgehead atoms. The molecule has 6 rings (SSSR count). The van der Waals surface area contributed by atoms with E-state index in [1.165, 1.54) is 12.1 Å². The maximum absolute atomic E-state index is 13.7. The van der Waals surface area contributed by atoms with E-state index in [1.54, 1.807) is 24.3 Å². The Bertz CT molecular complexity index is 1320. The Morgan fingerprint density at radius 2 is 1.74 bits per heavy atom. The third kappa shape index (κ3) is 3.46. The molecule has 7 heteroatoms. The van der Waals surface area contributed by atoms with Gasteiger partial charge < -0.3 is 4.90 Å². The Balaban J connectivity index is 1.23. The molecule has 3 atom stereocenters. The number of hydrogen-bond donors (Lipinski definition) is 1. The predicted molar refractivity (Wildman–Crippen MR) is 128 cm³/mol. The smallest absolute Gasteiger partial charge is 0.262 e. The molecule has 1 N–H and O–H groups in total. The third-order valence-corrected chi connectivity index (χ3v) is 8.58. The number of carbonyl (C=O) groups excluding carboxylic acids is 2. The van der Waals surface area contributed by atoms with Gasteiger partial charge in [-0.05, 0) is 66.3 Å². The monoisotopic (exact) mass is 474 g/mol. The summed E-state index contributed by atoms with van der Waals surface area (Å²) in [5, 5.41) is 0.0814. The van der Waals surface area contributed by atoms with Crippen LogP contribution in [-0.2, 0) is 27.7 Å². The summed E-state index contributed by atoms with van der Waals surface area (Å²) in [6.07, 6.45) is 2.49. The van der Waals surface area contributed by atoms with Gasteiger partial charge in [0.05, 0.1) is 17.2 Å². The van der Waals surface area contributed by atoms with E-state index in [9.17, 15) is 18.2 Å². The molecule has 5 nitrogen and oxygen atoms in total. The average molecular weight is 475 g/mol. The van der Waals surface area contributed by atoms with Gasteiger partial charge in [-0.3, -0.25) is 14.3 Å². The molecule has 2 amide bonds. The summed E-state index contributed by atoms with van der Waals surface area (Å²) in [5.74, 6) is -0.539. The SMILES string of the molecule is O=C(NS(=O)C1CC1)c1ccc(CN2C(=O)[C@@]3(C[C@H]3c3ccc(F)cc3)c3ccccc32)cc1. The van der Waals surface area contributed by atoms with Crippen LogP contribution in [0.5, 0.6) is 0 Å². The number of hydrogen-bond acceptors (Lipinski definition) is 3. The molecule has 0 radical (unpaired) electrons. The predicted octanol–water partition coefficient (Wildman–Crippen LogP) is 4.35. The van der Waals surface area contributed by atoms with Gasteiger partial charge >= 0.3 is 0 Å². The number of fused-ring (bicyclic) bond motifs is 2. The second kappa shape index (κ2) is 7.87. The van der Waals surface area contributed by atoms with E-state index in [-0.39, 0.29) is 28.8 Å². The van der Waals surface area contributed by atoms with E-state index in [1.807, 2.05) is 41.3 Å². The minimum absolute atomic E-state index is 0.0326. The first-order valence-electron chi connectivity index (χ1n) is 11.4. The molecule has 1 spiro atoms. The van der Waals surface area contributed by atoms with Crippen LogP contribution in [0.3, 0.4) is 0 Å². The Labute approximate surface area is 199 Å². The number of nitrogens with zero attached hydrogens (tertiary/aromatic N) is 1. The first kappa shape index (κ1) is 21.2. The van der Waals surface area contributed by atoms with Gasteiger partial charge in [0, 0.05) is 17.2 Å². The van der Waals surface area contributed by atoms with Crippen LogP contribution in [0.25, 0.3) is 0 Å². The molecule has 2 saturated carbocycles. The van der Waals surface area contributed by atoms with Crippen molar-refractivity contribution in [2.45, 2.75) is 42.4 Å². The van der Waals surface area contributed by atoms with Gasteiger partial charge in [-0.25, -0.2) is 8.60 Å². The standard InChI is InChI=1S/C27H23FN2O3S/c28-20-11-9-18(10-12-20)23-15-27(23)22-3-1-2-4-24(22)30(26(27)32)16-17-5-7-19(8-6-17)25(31)29-34(33)21-13-14-21/h1-12,21,23H,13-16H2,(H,29,31)/t23-,27-,34?/m0/s1. The highest BCUT2D eigenvalue weighted by Gasteiger charge is 2.67. The third-order valence-electron chi connectivity index (χ3n) is 7.11. The fraction of sp³-hybridized carbons (Fsp3) is 0.259. The zero-order valence-electron chi connectivity index (χ0n) is 18.4. The van der Waals surface area contributed by atoms with Crippen LogP contribution in [0.4, 0.5) is 10.1 Å². The van der Waals surface area contributed by atoms with E-state index in [0.29, 0.717) is 18.5 Å². The van der Waals surface area contributed by atoms with Crippen LogP contribution in [0.1, 0.15) is 52.2 Å². The van der Waals surface area contributed by atoms with Crippen LogP contribution >= 0.6 is 0 Å². The Morgan fingerprint density at radius 1 is 1.03 bits per heavy atom. The normalized spacial score (nSPS) is 23.6. The molecule has 0 saturated heterocycles. The second-order valence-corrected chi connectivity index (χ2v) is 10.8. The lowest BCUT2D eigenvalue weighted by Crippen LogP contribution is -2.32. The molecule has 3 aliphatic rings. The van der Waals surface area contributed by atoms with Crippen molar-refractivity contribution in [3.05, 3.63) is 101 Å². The first-order valence-corrected chi connectivity index (χ1v) is 12.7. The van der Waals surface area contributed by atoms with Crippen molar-refractivity contribution in [3.8, 4) is 0 Å². The highest BCUT2D eigenvalue weighted by atomic mass is 32.2. The summed E-state index contributed by atoms with van der Waals surface area (Å²) in [7, 11) is -1.33. The van der Waals surface area contributed by atoms with Gasteiger partial charge in [0.2, 0.25) is 5.91 Å². The summed E-state index contributed by atoms with van der Waals surface area (Å²) < 4.78 is 27.9. The molecular formula is C27H23FN2O3S. The van der Waals surface area contributed by atoms with Crippen LogP contribution < -0.4 is 9.62 Å². The van der Waals surface area contributed by atoms with Crippen molar-refractivity contribution in [2.24, 2.45) is 0 Å². The van der Waals surface area contributed by atoms with Gasteiger partial charge in [0.15, 0.2) is 0 Å². The zero-order valence-corrected chi connectivity index (χ0v) is 19.2. The molecule has 172 valence electrons. The molecule has 34 heavy (non-hydrogen) atoms. The molecule has 3 aromatic carbocycles. The number of rotatable bonds is 6. The second-order valence-electron chi connectivity index (χ2n) is 9.31. The fourth-order valence-corrected chi connectivity index (χ4v) is 6.09. The number of nitrogens with one attached hydrogen (secondary N) is 1. The lowest BCUT2D eigenvalue weighted by Gasteiger charge is -2.19. The van der Waals surface area contributed by atoms with Crippen molar-refractivity contribution in [3.63, 3.8) is 0 Å². The van der Waals surface area contributed by atoms with Gasteiger partial charge in [-0.1, -0.05) is 42.5 Å². The van der Waals surface area contributed by atoms with Crippen LogP contribution in [0.15, 0.2) is 72.8 Å². The van der Waals surface area contributed by atoms with E-state index >= 15 is 0 Å². The summed E-state index contributed by atoms with van der Waals surface area (Å²) in [6.45, 7) is 0.392. The van der Waals surface area contributed by atoms with Gasteiger partial charge in [-0.15, -0.1) is 0 Å². The molecular weight excluding hydrogens is 451 g/mol. The summed E-state index contributed by atoms with van der Waals surface area (Å²) in [4.78, 5) is 27.9. The largest absolute Gasteiger partial charge is 0.307 e. The molecule has 2 aliphatic carbocycles. The topological polar surface area (TPSA) is 66.5 Å². The molecule has 1 heterocycles. The number of anilines is 1. The van der Waals surface area contributed by atoms with E-state index in [2.05, 4.69) is 4.72 Å². The van der Waals surface area contributed by atoms with E-state index < -0.39 is 16.4 Å². The van der Waals surface area contributed by atoms with Crippen LogP contribution in [-0.4, -0.2) is 21.3 Å².